The molecule has 0 bridgehead atoms. The fourth-order valence-corrected chi connectivity index (χ4v) is 2.94. The van der Waals surface area contributed by atoms with Gasteiger partial charge < -0.3 is 4.74 Å². The van der Waals surface area contributed by atoms with Crippen LogP contribution in [-0.2, 0) is 22.4 Å². The Hall–Kier alpha value is -2.24. The van der Waals surface area contributed by atoms with Crippen molar-refractivity contribution in [3.63, 3.8) is 0 Å². The van der Waals surface area contributed by atoms with E-state index in [1.165, 1.54) is 0 Å². The van der Waals surface area contributed by atoms with Crippen molar-refractivity contribution in [1.82, 2.24) is 5.01 Å². The number of thiocarbonyl (C=S) groups is 1. The normalized spacial score (nSPS) is 16.7. The Morgan fingerprint density at radius 2 is 1.41 bits per heavy atom. The summed E-state index contributed by atoms with van der Waals surface area (Å²) in [5.74, 6) is 5.42. The molecule has 0 saturated carbocycles. The molecule has 5 heteroatoms. The van der Waals surface area contributed by atoms with Crippen molar-refractivity contribution in [1.29, 1.82) is 0 Å². The first-order chi connectivity index (χ1) is 10.6. The van der Waals surface area contributed by atoms with Gasteiger partial charge in [0.2, 0.25) is 0 Å². The van der Waals surface area contributed by atoms with Gasteiger partial charge in [-0.15, -0.1) is 0 Å². The van der Waals surface area contributed by atoms with E-state index in [1.807, 2.05) is 60.7 Å². The van der Waals surface area contributed by atoms with Gasteiger partial charge >= 0.3 is 0 Å². The molecule has 0 atom stereocenters. The standard InChI is InChI=1S/C17H16N2O2S/c18-19-15(20)17(21-16(19)22,11-13-7-3-1-4-8-13)12-14-9-5-2-6-10-14/h1-10H,11-12,18H2. The molecule has 0 radical (unpaired) electrons. The van der Waals surface area contributed by atoms with E-state index < -0.39 is 5.60 Å². The average molecular weight is 312 g/mol. The summed E-state index contributed by atoms with van der Waals surface area (Å²) in [6.45, 7) is 0. The first-order valence-corrected chi connectivity index (χ1v) is 7.42. The number of hydrazine groups is 1. The van der Waals surface area contributed by atoms with Crippen LogP contribution in [0.15, 0.2) is 60.7 Å². The molecule has 2 N–H and O–H groups in total. The first kappa shape index (κ1) is 14.7. The predicted octanol–water partition coefficient (Wildman–Crippen LogP) is 2.23. The minimum atomic E-state index is -1.07. The lowest BCUT2D eigenvalue weighted by Gasteiger charge is -2.25. The second-order valence-electron chi connectivity index (χ2n) is 5.36. The van der Waals surface area contributed by atoms with Gasteiger partial charge in [0.15, 0.2) is 5.60 Å². The van der Waals surface area contributed by atoms with Gasteiger partial charge in [-0.3, -0.25) is 4.79 Å². The van der Waals surface area contributed by atoms with Gasteiger partial charge in [-0.2, -0.15) is 0 Å². The number of hydrogen-bond donors (Lipinski definition) is 1. The smallest absolute Gasteiger partial charge is 0.289 e. The van der Waals surface area contributed by atoms with Crippen LogP contribution < -0.4 is 5.84 Å². The van der Waals surface area contributed by atoms with Crippen LogP contribution in [0, 0.1) is 0 Å². The van der Waals surface area contributed by atoms with Crippen molar-refractivity contribution in [2.24, 2.45) is 5.84 Å². The molecule has 1 saturated heterocycles. The average Bonchev–Trinajstić information content (AvgIpc) is 2.73. The Labute approximate surface area is 134 Å². The molecule has 2 aromatic carbocycles. The number of amides is 1. The highest BCUT2D eigenvalue weighted by atomic mass is 32.1. The fourth-order valence-electron chi connectivity index (χ4n) is 2.70. The maximum atomic E-state index is 12.6. The van der Waals surface area contributed by atoms with E-state index in [0.717, 1.165) is 16.1 Å². The zero-order chi connectivity index (χ0) is 15.6. The van der Waals surface area contributed by atoms with Crippen LogP contribution in [0.4, 0.5) is 0 Å². The first-order valence-electron chi connectivity index (χ1n) is 7.01. The third-order valence-electron chi connectivity index (χ3n) is 3.75. The molecule has 22 heavy (non-hydrogen) atoms. The fraction of sp³-hybridized carbons (Fsp3) is 0.176. The van der Waals surface area contributed by atoms with Crippen LogP contribution in [-0.4, -0.2) is 21.7 Å². The van der Waals surface area contributed by atoms with E-state index in [0.29, 0.717) is 12.8 Å². The summed E-state index contributed by atoms with van der Waals surface area (Å²) in [6, 6.07) is 19.5. The van der Waals surface area contributed by atoms with Gasteiger partial charge in [-0.25, -0.2) is 10.9 Å². The van der Waals surface area contributed by atoms with E-state index in [1.54, 1.807) is 0 Å². The van der Waals surface area contributed by atoms with Gasteiger partial charge in [0.05, 0.1) is 0 Å². The zero-order valence-corrected chi connectivity index (χ0v) is 12.8. The molecule has 0 unspecified atom stereocenters. The highest BCUT2D eigenvalue weighted by molar-refractivity contribution is 7.80. The molecule has 3 rings (SSSR count). The topological polar surface area (TPSA) is 55.6 Å². The number of nitrogens with two attached hydrogens (primary N) is 1. The second-order valence-corrected chi connectivity index (χ2v) is 5.71. The number of ether oxygens (including phenoxy) is 1. The lowest BCUT2D eigenvalue weighted by molar-refractivity contribution is -0.137. The maximum Gasteiger partial charge on any atom is 0.289 e. The predicted molar refractivity (Wildman–Crippen MR) is 87.7 cm³/mol. The van der Waals surface area contributed by atoms with Crippen LogP contribution in [0.25, 0.3) is 0 Å². The lowest BCUT2D eigenvalue weighted by atomic mass is 9.87. The van der Waals surface area contributed by atoms with Crippen LogP contribution in [0.1, 0.15) is 11.1 Å². The molecular formula is C17H16N2O2S. The Bertz CT molecular complexity index is 647. The van der Waals surface area contributed by atoms with E-state index in [9.17, 15) is 4.79 Å². The van der Waals surface area contributed by atoms with Crippen LogP contribution in [0.3, 0.4) is 0 Å². The Balaban J connectivity index is 1.96. The number of carbonyl (C=O) groups excluding carboxylic acids is 1. The van der Waals surface area contributed by atoms with Crippen LogP contribution in [0.5, 0.6) is 0 Å². The van der Waals surface area contributed by atoms with Gasteiger partial charge in [-0.05, 0) is 23.3 Å². The molecule has 1 fully saturated rings. The molecule has 2 aromatic rings. The molecule has 1 aliphatic heterocycles. The molecule has 1 aliphatic rings. The second kappa shape index (κ2) is 5.87. The van der Waals surface area contributed by atoms with Gasteiger partial charge in [-0.1, -0.05) is 60.7 Å². The number of carbonyl (C=O) groups is 1. The largest absolute Gasteiger partial charge is 0.452 e. The van der Waals surface area contributed by atoms with E-state index in [2.05, 4.69) is 0 Å². The minimum absolute atomic E-state index is 0.0249. The zero-order valence-electron chi connectivity index (χ0n) is 11.9. The highest BCUT2D eigenvalue weighted by Gasteiger charge is 2.51. The van der Waals surface area contributed by atoms with Crippen LogP contribution in [0.2, 0.25) is 0 Å². The van der Waals surface area contributed by atoms with Crippen molar-refractivity contribution in [2.45, 2.75) is 18.4 Å². The molecule has 0 aromatic heterocycles. The van der Waals surface area contributed by atoms with Gasteiger partial charge in [0.1, 0.15) is 0 Å². The third kappa shape index (κ3) is 2.73. The monoisotopic (exact) mass is 312 g/mol. The Kier molecular flexibility index (Phi) is 3.92. The summed E-state index contributed by atoms with van der Waals surface area (Å²) in [5, 5.41) is 0.957. The van der Waals surface area contributed by atoms with E-state index >= 15 is 0 Å². The van der Waals surface area contributed by atoms with Crippen molar-refractivity contribution in [2.75, 3.05) is 0 Å². The highest BCUT2D eigenvalue weighted by Crippen LogP contribution is 2.30. The molecule has 1 amide bonds. The molecule has 4 nitrogen and oxygen atoms in total. The quantitative estimate of drug-likeness (QED) is 0.534. The lowest BCUT2D eigenvalue weighted by Crippen LogP contribution is -2.46. The summed E-state index contributed by atoms with van der Waals surface area (Å²) in [7, 11) is 0. The number of benzene rings is 2. The Morgan fingerprint density at radius 1 is 0.955 bits per heavy atom. The molecule has 1 heterocycles. The summed E-state index contributed by atoms with van der Waals surface area (Å²) in [4.78, 5) is 12.6. The Morgan fingerprint density at radius 3 is 1.77 bits per heavy atom. The van der Waals surface area contributed by atoms with E-state index in [-0.39, 0.29) is 11.1 Å². The summed E-state index contributed by atoms with van der Waals surface area (Å²) in [6.07, 6.45) is 0.852. The molecular weight excluding hydrogens is 296 g/mol. The molecule has 0 spiro atoms. The summed E-state index contributed by atoms with van der Waals surface area (Å²) < 4.78 is 5.76. The van der Waals surface area contributed by atoms with Crippen LogP contribution >= 0.6 is 12.2 Å². The summed E-state index contributed by atoms with van der Waals surface area (Å²) >= 11 is 5.06. The number of nitrogens with zero attached hydrogens (tertiary/aromatic N) is 1. The molecule has 112 valence electrons. The van der Waals surface area contributed by atoms with Crippen molar-refractivity contribution in [3.8, 4) is 0 Å². The number of hydrogen-bond acceptors (Lipinski definition) is 4. The van der Waals surface area contributed by atoms with E-state index in [4.69, 9.17) is 22.8 Å². The maximum absolute atomic E-state index is 12.6. The minimum Gasteiger partial charge on any atom is -0.452 e. The van der Waals surface area contributed by atoms with Crippen molar-refractivity contribution < 1.29 is 9.53 Å². The summed E-state index contributed by atoms with van der Waals surface area (Å²) in [5.41, 5.74) is 0.934. The number of rotatable bonds is 4. The van der Waals surface area contributed by atoms with Crippen molar-refractivity contribution in [3.05, 3.63) is 71.8 Å². The molecule has 0 aliphatic carbocycles. The van der Waals surface area contributed by atoms with Crippen molar-refractivity contribution >= 4 is 23.3 Å². The van der Waals surface area contributed by atoms with Gasteiger partial charge in [0, 0.05) is 12.8 Å². The SMILES string of the molecule is NN1C(=O)C(Cc2ccccc2)(Cc2ccccc2)OC1=S. The third-order valence-corrected chi connectivity index (χ3v) is 4.03. The van der Waals surface area contributed by atoms with Gasteiger partial charge in [0.25, 0.3) is 11.1 Å².